The first-order valence-corrected chi connectivity index (χ1v) is 9.01. The van der Waals surface area contributed by atoms with Gasteiger partial charge in [-0.1, -0.05) is 65.8 Å². The zero-order chi connectivity index (χ0) is 17.8. The standard InChI is InChI=1S/C20H16N4OS/c1-14-18(19(24-25-14)16-10-6-3-7-11-16)17-13-26-20(22-17)23-21-12-15-8-4-2-5-9-15/h2-13H,1H3,(H,22,23). The van der Waals surface area contributed by atoms with Crippen molar-refractivity contribution in [3.63, 3.8) is 0 Å². The van der Waals surface area contributed by atoms with Crippen LogP contribution in [0.3, 0.4) is 0 Å². The molecule has 0 radical (unpaired) electrons. The molecule has 4 rings (SSSR count). The summed E-state index contributed by atoms with van der Waals surface area (Å²) in [6.07, 6.45) is 1.77. The fourth-order valence-corrected chi connectivity index (χ4v) is 3.26. The van der Waals surface area contributed by atoms with E-state index in [9.17, 15) is 0 Å². The van der Waals surface area contributed by atoms with Gasteiger partial charge in [-0.25, -0.2) is 4.98 Å². The van der Waals surface area contributed by atoms with Gasteiger partial charge in [-0.3, -0.25) is 5.43 Å². The molecule has 2 aromatic carbocycles. The largest absolute Gasteiger partial charge is 0.360 e. The fourth-order valence-electron chi connectivity index (χ4n) is 2.61. The third-order valence-electron chi connectivity index (χ3n) is 3.84. The molecule has 0 aliphatic rings. The normalized spacial score (nSPS) is 11.1. The highest BCUT2D eigenvalue weighted by atomic mass is 32.1. The number of hydrogen-bond donors (Lipinski definition) is 1. The average Bonchev–Trinajstić information content (AvgIpc) is 3.29. The van der Waals surface area contributed by atoms with Crippen LogP contribution in [0.5, 0.6) is 0 Å². The van der Waals surface area contributed by atoms with Gasteiger partial charge < -0.3 is 4.52 Å². The van der Waals surface area contributed by atoms with E-state index in [4.69, 9.17) is 4.52 Å². The van der Waals surface area contributed by atoms with Gasteiger partial charge in [0.2, 0.25) is 5.13 Å². The van der Waals surface area contributed by atoms with E-state index in [1.54, 1.807) is 6.21 Å². The lowest BCUT2D eigenvalue weighted by atomic mass is 10.0. The van der Waals surface area contributed by atoms with Crippen molar-refractivity contribution in [1.29, 1.82) is 0 Å². The van der Waals surface area contributed by atoms with Crippen LogP contribution in [-0.2, 0) is 0 Å². The smallest absolute Gasteiger partial charge is 0.203 e. The first kappa shape index (κ1) is 16.2. The van der Waals surface area contributed by atoms with E-state index in [2.05, 4.69) is 20.7 Å². The lowest BCUT2D eigenvalue weighted by molar-refractivity contribution is 0.400. The number of nitrogens with one attached hydrogen (secondary N) is 1. The van der Waals surface area contributed by atoms with Crippen LogP contribution in [0.4, 0.5) is 5.13 Å². The molecule has 0 aliphatic carbocycles. The molecule has 0 unspecified atom stereocenters. The first-order chi connectivity index (χ1) is 12.8. The Kier molecular flexibility index (Phi) is 4.57. The second kappa shape index (κ2) is 7.33. The van der Waals surface area contributed by atoms with E-state index in [0.29, 0.717) is 5.13 Å². The summed E-state index contributed by atoms with van der Waals surface area (Å²) >= 11 is 1.49. The Hall–Kier alpha value is -3.25. The Morgan fingerprint density at radius 2 is 1.77 bits per heavy atom. The van der Waals surface area contributed by atoms with E-state index in [-0.39, 0.29) is 0 Å². The van der Waals surface area contributed by atoms with Crippen LogP contribution >= 0.6 is 11.3 Å². The highest BCUT2D eigenvalue weighted by Crippen LogP contribution is 2.35. The van der Waals surface area contributed by atoms with Crippen molar-refractivity contribution < 1.29 is 4.52 Å². The molecule has 1 N–H and O–H groups in total. The summed E-state index contributed by atoms with van der Waals surface area (Å²) in [7, 11) is 0. The molecule has 128 valence electrons. The van der Waals surface area contributed by atoms with Crippen molar-refractivity contribution in [3.05, 3.63) is 77.4 Å². The topological polar surface area (TPSA) is 63.3 Å². The van der Waals surface area contributed by atoms with Crippen molar-refractivity contribution in [2.24, 2.45) is 5.10 Å². The maximum atomic E-state index is 5.42. The third kappa shape index (κ3) is 3.41. The summed E-state index contributed by atoms with van der Waals surface area (Å²) in [5.41, 5.74) is 7.54. The van der Waals surface area contributed by atoms with Crippen molar-refractivity contribution in [2.75, 3.05) is 5.43 Å². The Morgan fingerprint density at radius 1 is 1.04 bits per heavy atom. The molecule has 0 bridgehead atoms. The Labute approximate surface area is 155 Å². The minimum absolute atomic E-state index is 0.715. The van der Waals surface area contributed by atoms with Crippen LogP contribution in [0.1, 0.15) is 11.3 Å². The van der Waals surface area contributed by atoms with Gasteiger partial charge in [0.1, 0.15) is 11.5 Å². The molecule has 0 saturated carbocycles. The lowest BCUT2D eigenvalue weighted by Gasteiger charge is -1.99. The van der Waals surface area contributed by atoms with Gasteiger partial charge in [0.15, 0.2) is 0 Å². The van der Waals surface area contributed by atoms with Crippen LogP contribution in [-0.4, -0.2) is 16.4 Å². The maximum Gasteiger partial charge on any atom is 0.203 e. The van der Waals surface area contributed by atoms with Crippen LogP contribution < -0.4 is 5.43 Å². The number of aromatic nitrogens is 2. The molecule has 5 nitrogen and oxygen atoms in total. The molecule has 6 heteroatoms. The molecule has 0 atom stereocenters. The molecule has 0 saturated heterocycles. The number of nitrogens with zero attached hydrogens (tertiary/aromatic N) is 3. The van der Waals surface area contributed by atoms with Crippen molar-refractivity contribution in [2.45, 2.75) is 6.92 Å². The zero-order valence-electron chi connectivity index (χ0n) is 14.1. The molecule has 0 spiro atoms. The number of thiazole rings is 1. The second-order valence-electron chi connectivity index (χ2n) is 5.65. The van der Waals surface area contributed by atoms with E-state index in [1.807, 2.05) is 73.0 Å². The minimum atomic E-state index is 0.715. The highest BCUT2D eigenvalue weighted by Gasteiger charge is 2.18. The van der Waals surface area contributed by atoms with Gasteiger partial charge in [0.25, 0.3) is 0 Å². The number of rotatable bonds is 5. The fraction of sp³-hybridized carbons (Fsp3) is 0.0500. The molecule has 2 heterocycles. The number of hydrogen-bond acceptors (Lipinski definition) is 6. The molecular formula is C20H16N4OS. The van der Waals surface area contributed by atoms with Crippen LogP contribution in [0, 0.1) is 6.92 Å². The molecule has 0 fully saturated rings. The quantitative estimate of drug-likeness (QED) is 0.391. The van der Waals surface area contributed by atoms with E-state index >= 15 is 0 Å². The summed E-state index contributed by atoms with van der Waals surface area (Å²) in [5.74, 6) is 0.744. The van der Waals surface area contributed by atoms with E-state index in [0.717, 1.165) is 33.8 Å². The monoisotopic (exact) mass is 360 g/mol. The summed E-state index contributed by atoms with van der Waals surface area (Å²) in [6.45, 7) is 1.90. The van der Waals surface area contributed by atoms with Gasteiger partial charge in [-0.05, 0) is 12.5 Å². The van der Waals surface area contributed by atoms with Gasteiger partial charge in [0.05, 0.1) is 17.5 Å². The molecule has 0 amide bonds. The minimum Gasteiger partial charge on any atom is -0.360 e. The number of aryl methyl sites for hydroxylation is 1. The Balaban J connectivity index is 1.57. The zero-order valence-corrected chi connectivity index (χ0v) is 14.9. The Morgan fingerprint density at radius 3 is 2.54 bits per heavy atom. The molecule has 26 heavy (non-hydrogen) atoms. The summed E-state index contributed by atoms with van der Waals surface area (Å²) < 4.78 is 5.42. The van der Waals surface area contributed by atoms with E-state index in [1.165, 1.54) is 11.3 Å². The van der Waals surface area contributed by atoms with Crippen LogP contribution in [0.25, 0.3) is 22.5 Å². The van der Waals surface area contributed by atoms with Gasteiger partial charge in [-0.15, -0.1) is 11.3 Å². The predicted molar refractivity (Wildman–Crippen MR) is 105 cm³/mol. The third-order valence-corrected chi connectivity index (χ3v) is 4.59. The summed E-state index contributed by atoms with van der Waals surface area (Å²) in [6, 6.07) is 19.9. The molecule has 2 aromatic heterocycles. The Bertz CT molecular complexity index is 1020. The molecule has 4 aromatic rings. The second-order valence-corrected chi connectivity index (χ2v) is 6.51. The first-order valence-electron chi connectivity index (χ1n) is 8.13. The van der Waals surface area contributed by atoms with Crippen molar-refractivity contribution in [1.82, 2.24) is 10.1 Å². The van der Waals surface area contributed by atoms with Crippen molar-refractivity contribution in [3.8, 4) is 22.5 Å². The van der Waals surface area contributed by atoms with Gasteiger partial charge in [0, 0.05) is 10.9 Å². The molecule has 0 aliphatic heterocycles. The number of anilines is 1. The van der Waals surface area contributed by atoms with Gasteiger partial charge in [-0.2, -0.15) is 5.10 Å². The number of benzene rings is 2. The predicted octanol–water partition coefficient (Wildman–Crippen LogP) is 5.22. The molecular weight excluding hydrogens is 344 g/mol. The van der Waals surface area contributed by atoms with Crippen LogP contribution in [0.2, 0.25) is 0 Å². The van der Waals surface area contributed by atoms with Gasteiger partial charge >= 0.3 is 0 Å². The van der Waals surface area contributed by atoms with Crippen LogP contribution in [0.15, 0.2) is 75.7 Å². The summed E-state index contributed by atoms with van der Waals surface area (Å²) in [5, 5.41) is 11.1. The highest BCUT2D eigenvalue weighted by molar-refractivity contribution is 7.14. The number of hydrazone groups is 1. The average molecular weight is 360 g/mol. The van der Waals surface area contributed by atoms with Crippen molar-refractivity contribution >= 4 is 22.7 Å². The van der Waals surface area contributed by atoms with E-state index < -0.39 is 0 Å². The lowest BCUT2D eigenvalue weighted by Crippen LogP contribution is -1.90. The SMILES string of the molecule is Cc1onc(-c2ccccc2)c1-c1csc(NN=Cc2ccccc2)n1. The maximum absolute atomic E-state index is 5.42. The summed E-state index contributed by atoms with van der Waals surface area (Å²) in [4.78, 5) is 4.62.